The number of allylic oxidation sites excluding steroid dienone is 1. The quantitative estimate of drug-likeness (QED) is 0.255. The predicted octanol–water partition coefficient (Wildman–Crippen LogP) is 9.07. The first-order valence-electron chi connectivity index (χ1n) is 11.2. The molecule has 32 heavy (non-hydrogen) atoms. The minimum Gasteiger partial charge on any atom is -0.455 e. The molecule has 0 radical (unpaired) electrons. The smallest absolute Gasteiger partial charge is 0.143 e. The van der Waals surface area contributed by atoms with E-state index in [1.807, 2.05) is 11.3 Å². The third-order valence-corrected chi connectivity index (χ3v) is 8.31. The first-order chi connectivity index (χ1) is 15.8. The first-order valence-corrected chi connectivity index (χ1v) is 12.0. The molecule has 8 rings (SSSR count). The topological polar surface area (TPSA) is 13.1 Å². The molecule has 0 amide bonds. The summed E-state index contributed by atoms with van der Waals surface area (Å²) in [6.45, 7) is 0. The van der Waals surface area contributed by atoms with Crippen molar-refractivity contribution in [3.63, 3.8) is 0 Å². The van der Waals surface area contributed by atoms with Gasteiger partial charge in [-0.3, -0.25) is 0 Å². The van der Waals surface area contributed by atoms with Crippen LogP contribution in [0, 0.1) is 0 Å². The molecule has 2 heterocycles. The van der Waals surface area contributed by atoms with Gasteiger partial charge in [0.05, 0.1) is 0 Å². The van der Waals surface area contributed by atoms with Crippen LogP contribution in [0.5, 0.6) is 0 Å². The molecule has 4 aromatic carbocycles. The average molecular weight is 427 g/mol. The highest BCUT2D eigenvalue weighted by molar-refractivity contribution is 7.19. The molecular weight excluding hydrogens is 408 g/mol. The van der Waals surface area contributed by atoms with Gasteiger partial charge in [0.1, 0.15) is 11.3 Å². The van der Waals surface area contributed by atoms with Gasteiger partial charge < -0.3 is 4.42 Å². The summed E-state index contributed by atoms with van der Waals surface area (Å²) in [5, 5.41) is 5.17. The van der Waals surface area contributed by atoms with Gasteiger partial charge in [0.25, 0.3) is 0 Å². The minimum atomic E-state index is 0.960. The fourth-order valence-corrected chi connectivity index (χ4v) is 6.79. The highest BCUT2D eigenvalue weighted by Crippen LogP contribution is 2.52. The van der Waals surface area contributed by atoms with Crippen molar-refractivity contribution in [3.05, 3.63) is 89.3 Å². The summed E-state index contributed by atoms with van der Waals surface area (Å²) in [5.41, 5.74) is 8.63. The summed E-state index contributed by atoms with van der Waals surface area (Å²) >= 11 is 1.95. The fourth-order valence-electron chi connectivity index (χ4n) is 5.60. The maximum Gasteiger partial charge on any atom is 0.143 e. The number of hydrogen-bond acceptors (Lipinski definition) is 2. The Bertz CT molecular complexity index is 1770. The summed E-state index contributed by atoms with van der Waals surface area (Å²) in [4.78, 5) is 1.52. The first kappa shape index (κ1) is 17.0. The summed E-state index contributed by atoms with van der Waals surface area (Å²) < 4.78 is 7.79. The van der Waals surface area contributed by atoms with Gasteiger partial charge in [-0.1, -0.05) is 60.7 Å². The van der Waals surface area contributed by atoms with Gasteiger partial charge in [0.15, 0.2) is 0 Å². The summed E-state index contributed by atoms with van der Waals surface area (Å²) in [6.07, 6.45) is 6.94. The number of benzene rings is 4. The normalized spacial score (nSPS) is 13.9. The van der Waals surface area contributed by atoms with Crippen molar-refractivity contribution in [2.75, 3.05) is 0 Å². The second-order valence-electron chi connectivity index (χ2n) is 8.82. The molecule has 2 aliphatic rings. The van der Waals surface area contributed by atoms with Crippen LogP contribution in [0.1, 0.15) is 16.9 Å². The van der Waals surface area contributed by atoms with Crippen molar-refractivity contribution >= 4 is 49.2 Å². The van der Waals surface area contributed by atoms with Gasteiger partial charge in [-0.2, -0.15) is 0 Å². The van der Waals surface area contributed by atoms with Gasteiger partial charge in [-0.25, -0.2) is 0 Å². The molecule has 0 bridgehead atoms. The number of furan rings is 1. The molecule has 0 atom stereocenters. The lowest BCUT2D eigenvalue weighted by atomic mass is 9.97. The lowest BCUT2D eigenvalue weighted by molar-refractivity contribution is 0.634. The van der Waals surface area contributed by atoms with Crippen molar-refractivity contribution in [2.24, 2.45) is 0 Å². The second-order valence-corrected chi connectivity index (χ2v) is 9.95. The molecule has 6 aromatic rings. The van der Waals surface area contributed by atoms with Crippen molar-refractivity contribution in [1.82, 2.24) is 0 Å². The Labute approximate surface area is 189 Å². The maximum atomic E-state index is 6.40. The third-order valence-electron chi connectivity index (χ3n) is 7.07. The molecule has 2 aromatic heterocycles. The molecule has 0 N–H and O–H groups in total. The van der Waals surface area contributed by atoms with Crippen LogP contribution in [-0.4, -0.2) is 0 Å². The van der Waals surface area contributed by atoms with E-state index in [4.69, 9.17) is 4.42 Å². The van der Waals surface area contributed by atoms with Crippen LogP contribution in [0.4, 0.5) is 0 Å². The molecule has 1 nitrogen and oxygen atoms in total. The fraction of sp³-hybridized carbons (Fsp3) is 0.0667. The van der Waals surface area contributed by atoms with Crippen molar-refractivity contribution in [1.29, 1.82) is 0 Å². The largest absolute Gasteiger partial charge is 0.455 e. The zero-order valence-corrected chi connectivity index (χ0v) is 18.1. The van der Waals surface area contributed by atoms with Crippen molar-refractivity contribution in [3.8, 4) is 33.6 Å². The Hall–Kier alpha value is -3.62. The second kappa shape index (κ2) is 5.99. The van der Waals surface area contributed by atoms with Gasteiger partial charge in [0, 0.05) is 36.9 Å². The Morgan fingerprint density at radius 1 is 0.781 bits per heavy atom. The van der Waals surface area contributed by atoms with Crippen LogP contribution in [-0.2, 0) is 6.42 Å². The molecule has 0 saturated heterocycles. The van der Waals surface area contributed by atoms with E-state index in [1.54, 1.807) is 0 Å². The SMILES string of the molecule is C1=Cc2c(sc3ccc(-c4ccc5oc6c(c5c4)-c4cccc5cccc-6c45)cc23)CC1. The summed E-state index contributed by atoms with van der Waals surface area (Å²) in [6, 6.07) is 26.7. The number of thiophene rings is 1. The Morgan fingerprint density at radius 3 is 2.50 bits per heavy atom. The molecule has 2 aliphatic carbocycles. The zero-order valence-electron chi connectivity index (χ0n) is 17.3. The van der Waals surface area contributed by atoms with Crippen molar-refractivity contribution < 1.29 is 4.42 Å². The Kier molecular flexibility index (Phi) is 3.18. The minimum absolute atomic E-state index is 0.960. The standard InChI is InChI=1S/C30H18OS/c1-2-10-26-20(7-1)23-15-19(12-14-27(23)32-26)18-11-13-25-24(16-18)29-21-8-3-5-17-6-4-9-22(28(17)21)30(29)31-25/h1,3-9,11-16H,2,10H2. The van der Waals surface area contributed by atoms with Crippen LogP contribution >= 0.6 is 11.3 Å². The summed E-state index contributed by atoms with van der Waals surface area (Å²) in [7, 11) is 0. The summed E-state index contributed by atoms with van der Waals surface area (Å²) in [5.74, 6) is 1.01. The van der Waals surface area contributed by atoms with Crippen LogP contribution in [0.3, 0.4) is 0 Å². The van der Waals surface area contributed by atoms with Crippen LogP contribution in [0.25, 0.3) is 71.5 Å². The van der Waals surface area contributed by atoms with Gasteiger partial charge in [0.2, 0.25) is 0 Å². The van der Waals surface area contributed by atoms with E-state index < -0.39 is 0 Å². The predicted molar refractivity (Wildman–Crippen MR) is 136 cm³/mol. The van der Waals surface area contributed by atoms with Crippen molar-refractivity contribution in [2.45, 2.75) is 12.8 Å². The zero-order chi connectivity index (χ0) is 20.8. The van der Waals surface area contributed by atoms with Gasteiger partial charge in [-0.05, 0) is 64.7 Å². The van der Waals surface area contributed by atoms with Gasteiger partial charge in [-0.15, -0.1) is 11.3 Å². The lowest BCUT2D eigenvalue weighted by Crippen LogP contribution is -1.87. The molecular formula is C30H18OS. The van der Waals surface area contributed by atoms with E-state index in [0.717, 1.165) is 17.8 Å². The van der Waals surface area contributed by atoms with E-state index >= 15 is 0 Å². The van der Waals surface area contributed by atoms with Crippen LogP contribution < -0.4 is 0 Å². The maximum absolute atomic E-state index is 6.40. The molecule has 0 saturated carbocycles. The molecule has 0 aliphatic heterocycles. The van der Waals surface area contributed by atoms with E-state index in [2.05, 4.69) is 84.9 Å². The number of aryl methyl sites for hydroxylation is 1. The van der Waals surface area contributed by atoms with E-state index in [9.17, 15) is 0 Å². The molecule has 2 heteroatoms. The highest BCUT2D eigenvalue weighted by atomic mass is 32.1. The molecule has 150 valence electrons. The Morgan fingerprint density at radius 2 is 1.59 bits per heavy atom. The van der Waals surface area contributed by atoms with E-state index in [-0.39, 0.29) is 0 Å². The molecule has 0 spiro atoms. The molecule has 0 fully saturated rings. The van der Waals surface area contributed by atoms with E-state index in [0.29, 0.717) is 0 Å². The van der Waals surface area contributed by atoms with E-state index in [1.165, 1.54) is 70.9 Å². The number of rotatable bonds is 1. The van der Waals surface area contributed by atoms with Crippen LogP contribution in [0.2, 0.25) is 0 Å². The monoisotopic (exact) mass is 426 g/mol. The third kappa shape index (κ3) is 2.13. The highest BCUT2D eigenvalue weighted by Gasteiger charge is 2.27. The average Bonchev–Trinajstić information content (AvgIpc) is 3.49. The lowest BCUT2D eigenvalue weighted by Gasteiger charge is -2.06. The number of hydrogen-bond donors (Lipinski definition) is 0. The molecule has 0 unspecified atom stereocenters. The van der Waals surface area contributed by atoms with Crippen LogP contribution in [0.15, 0.2) is 83.3 Å². The number of fused-ring (bicyclic) bond motifs is 8. The van der Waals surface area contributed by atoms with Gasteiger partial charge >= 0.3 is 0 Å². The Balaban J connectivity index is 1.36.